The number of rotatable bonds is 7. The van der Waals surface area contributed by atoms with E-state index in [1.54, 1.807) is 61.7 Å². The summed E-state index contributed by atoms with van der Waals surface area (Å²) in [6, 6.07) is 4.47. The van der Waals surface area contributed by atoms with Crippen molar-refractivity contribution in [3.63, 3.8) is 0 Å². The molecule has 3 aliphatic rings. The Kier molecular flexibility index (Phi) is 16.0. The van der Waals surface area contributed by atoms with Gasteiger partial charge in [0, 0.05) is 99.4 Å². The van der Waals surface area contributed by atoms with Crippen LogP contribution in [0.3, 0.4) is 0 Å². The molecule has 6 bridgehead atoms. The lowest BCUT2D eigenvalue weighted by Crippen LogP contribution is -2.46. The monoisotopic (exact) mass is 996 g/mol. The highest BCUT2D eigenvalue weighted by molar-refractivity contribution is 6.19. The molecule has 15 heteroatoms. The first kappa shape index (κ1) is 54.3. The fourth-order valence-corrected chi connectivity index (χ4v) is 10.7. The molecule has 3 aliphatic heterocycles. The van der Waals surface area contributed by atoms with E-state index in [1.807, 2.05) is 39.0 Å². The number of esters is 2. The Morgan fingerprint density at radius 2 is 1.53 bits per heavy atom. The number of fused-ring (bicyclic) bond motifs is 2. The molecule has 1 fully saturated rings. The summed E-state index contributed by atoms with van der Waals surface area (Å²) in [5.41, 5.74) is 7.05. The predicted octanol–water partition coefficient (Wildman–Crippen LogP) is 9.36. The van der Waals surface area contributed by atoms with Crippen molar-refractivity contribution in [3.05, 3.63) is 82.0 Å². The number of carbonyl (C=O) groups excluding carboxylic acids is 2. The van der Waals surface area contributed by atoms with Crippen LogP contribution in [0.2, 0.25) is 0 Å². The SMILES string of the molecule is COc1c(N2CCN(Cc3c(C)cc(C)cc3C)CC2)c2nc3oc2c2c(OC(=O)C(C)(C)C)c(C)c4c(c12)[C@@H](O)[C@@](C)(O/C=C/[C@H](OC)[C@@H](C)[C@@H](OC(C)=O)[C@H](C)[C@H](O)[C@H](C)[C@@H](O)[C@@H](C)/C=C/C=C\3C)O4. The first-order valence-electron chi connectivity index (χ1n) is 25.2. The molecule has 1 saturated heterocycles. The van der Waals surface area contributed by atoms with Gasteiger partial charge in [0.25, 0.3) is 5.79 Å². The van der Waals surface area contributed by atoms with Gasteiger partial charge >= 0.3 is 11.9 Å². The maximum atomic E-state index is 14.0. The number of hydrogen-bond acceptors (Lipinski definition) is 15. The van der Waals surface area contributed by atoms with Gasteiger partial charge in [-0.1, -0.05) is 63.6 Å². The Morgan fingerprint density at radius 3 is 2.12 bits per heavy atom. The summed E-state index contributed by atoms with van der Waals surface area (Å²) >= 11 is 0. The van der Waals surface area contributed by atoms with Crippen molar-refractivity contribution in [2.75, 3.05) is 45.3 Å². The standard InChI is InChI=1S/C57H77N3O12/c1-29-26-32(4)39(33(5)27-29)28-59-21-23-60(24-22-59)45-44-51-42-41(52(45)67-16)43-50(37(9)49(42)71-55(65)56(11,12)13)72-57(14,53(43)64)68-25-20-40(66-15)34(6)48(69-38(10)61)36(8)47(63)35(7)46(62)30(2)18-17-19-31(3)54(58-44)70-51/h17-20,25-27,30,34-36,40,46-48,53,62-64H,21-24,28H2,1-16H3/b18-17+,25-20+,31-19-/t30-,34+,35+,36+,40-,46-,47+,48+,53+,57-/m0/s1. The normalized spacial score (nSPS) is 29.3. The van der Waals surface area contributed by atoms with Crippen LogP contribution in [0, 0.1) is 56.8 Å². The third kappa shape index (κ3) is 10.4. The summed E-state index contributed by atoms with van der Waals surface area (Å²) < 4.78 is 44.8. The summed E-state index contributed by atoms with van der Waals surface area (Å²) in [4.78, 5) is 36.5. The Morgan fingerprint density at radius 1 is 0.875 bits per heavy atom. The van der Waals surface area contributed by atoms with Gasteiger partial charge in [0.1, 0.15) is 28.8 Å². The lowest BCUT2D eigenvalue weighted by atomic mass is 9.78. The molecule has 0 radical (unpaired) electrons. The molecular weight excluding hydrogens is 919 g/mol. The van der Waals surface area contributed by atoms with Gasteiger partial charge in [-0.3, -0.25) is 14.5 Å². The molecule has 4 heterocycles. The van der Waals surface area contributed by atoms with Gasteiger partial charge in [-0.25, -0.2) is 4.98 Å². The fourth-order valence-electron chi connectivity index (χ4n) is 10.7. The Hall–Kier alpha value is -5.45. The zero-order valence-electron chi connectivity index (χ0n) is 45.1. The van der Waals surface area contributed by atoms with Gasteiger partial charge in [-0.15, -0.1) is 0 Å². The molecule has 3 N–H and O–H groups in total. The number of aliphatic hydroxyl groups is 3. The van der Waals surface area contributed by atoms with Crippen molar-refractivity contribution in [1.82, 2.24) is 9.88 Å². The second kappa shape index (κ2) is 21.2. The molecule has 1 aromatic heterocycles. The maximum absolute atomic E-state index is 14.0. The molecule has 392 valence electrons. The van der Waals surface area contributed by atoms with Crippen LogP contribution in [-0.2, 0) is 30.3 Å². The molecule has 0 unspecified atom stereocenters. The van der Waals surface area contributed by atoms with Crippen LogP contribution in [-0.4, -0.2) is 108 Å². The number of methoxy groups -OCH3 is 2. The number of aliphatic hydroxyl groups excluding tert-OH is 3. The van der Waals surface area contributed by atoms with E-state index < -0.39 is 77.3 Å². The van der Waals surface area contributed by atoms with Gasteiger partial charge in [0.2, 0.25) is 5.89 Å². The highest BCUT2D eigenvalue weighted by Gasteiger charge is 2.51. The van der Waals surface area contributed by atoms with Crippen LogP contribution in [0.1, 0.15) is 115 Å². The van der Waals surface area contributed by atoms with E-state index in [0.29, 0.717) is 69.0 Å². The van der Waals surface area contributed by atoms with Crippen molar-refractivity contribution in [2.45, 2.75) is 140 Å². The summed E-state index contributed by atoms with van der Waals surface area (Å²) in [6.45, 7) is 29.1. The molecule has 0 saturated carbocycles. The van der Waals surface area contributed by atoms with Gasteiger partial charge in [-0.2, -0.15) is 0 Å². The van der Waals surface area contributed by atoms with Crippen LogP contribution in [0.25, 0.3) is 27.4 Å². The second-order valence-electron chi connectivity index (χ2n) is 21.7. The first-order valence-corrected chi connectivity index (χ1v) is 25.2. The number of aromatic nitrogens is 1. The number of nitrogens with zero attached hydrogens (tertiary/aromatic N) is 3. The van der Waals surface area contributed by atoms with Crippen LogP contribution < -0.4 is 19.1 Å². The Bertz CT molecular complexity index is 2760. The summed E-state index contributed by atoms with van der Waals surface area (Å²) in [7, 11) is 3.09. The molecule has 0 amide bonds. The minimum Gasteiger partial charge on any atom is -0.494 e. The van der Waals surface area contributed by atoms with Crippen molar-refractivity contribution in [2.24, 2.45) is 29.1 Å². The minimum absolute atomic E-state index is 0.163. The van der Waals surface area contributed by atoms with Gasteiger partial charge in [-0.05, 0) is 78.2 Å². The predicted molar refractivity (Wildman–Crippen MR) is 278 cm³/mol. The highest BCUT2D eigenvalue weighted by atomic mass is 16.7. The zero-order chi connectivity index (χ0) is 52.9. The van der Waals surface area contributed by atoms with Crippen molar-refractivity contribution in [1.29, 1.82) is 0 Å². The van der Waals surface area contributed by atoms with Gasteiger partial charge in [0.15, 0.2) is 17.4 Å². The fraction of sp³-hybridized carbons (Fsp3) is 0.561. The molecule has 7 rings (SSSR count). The van der Waals surface area contributed by atoms with Gasteiger partial charge in [0.05, 0.1) is 42.5 Å². The van der Waals surface area contributed by atoms with E-state index in [1.165, 1.54) is 42.5 Å². The largest absolute Gasteiger partial charge is 0.494 e. The second-order valence-corrected chi connectivity index (χ2v) is 21.7. The third-order valence-electron chi connectivity index (χ3n) is 15.1. The molecule has 0 aliphatic carbocycles. The lowest BCUT2D eigenvalue weighted by molar-refractivity contribution is -0.181. The number of allylic oxidation sites excluding steroid dienone is 3. The smallest absolute Gasteiger partial charge is 0.316 e. The van der Waals surface area contributed by atoms with E-state index in [0.717, 1.165) is 19.6 Å². The summed E-state index contributed by atoms with van der Waals surface area (Å²) in [5.74, 6) is -3.91. The molecule has 4 aromatic rings. The molecule has 10 atom stereocenters. The molecule has 15 nitrogen and oxygen atoms in total. The van der Waals surface area contributed by atoms with E-state index in [2.05, 4.69) is 42.7 Å². The van der Waals surface area contributed by atoms with E-state index in [-0.39, 0.29) is 11.5 Å². The van der Waals surface area contributed by atoms with Crippen LogP contribution in [0.15, 0.2) is 47.1 Å². The maximum Gasteiger partial charge on any atom is 0.316 e. The molecular formula is C57H77N3O12. The summed E-state index contributed by atoms with van der Waals surface area (Å²) in [5, 5.41) is 36.9. The zero-order valence-corrected chi connectivity index (χ0v) is 45.1. The average molecular weight is 996 g/mol. The van der Waals surface area contributed by atoms with Crippen molar-refractivity contribution < 1.29 is 57.7 Å². The lowest BCUT2D eigenvalue weighted by Gasteiger charge is -2.38. The molecule has 72 heavy (non-hydrogen) atoms. The van der Waals surface area contributed by atoms with Crippen molar-refractivity contribution >= 4 is 45.1 Å². The van der Waals surface area contributed by atoms with E-state index in [9.17, 15) is 24.9 Å². The quantitative estimate of drug-likeness (QED) is 0.118. The van der Waals surface area contributed by atoms with E-state index >= 15 is 0 Å². The van der Waals surface area contributed by atoms with Crippen molar-refractivity contribution in [3.8, 4) is 17.2 Å². The minimum atomic E-state index is -1.75. The molecule has 0 spiro atoms. The topological polar surface area (TPSA) is 183 Å². The van der Waals surface area contributed by atoms with Crippen LogP contribution in [0.4, 0.5) is 5.69 Å². The third-order valence-corrected chi connectivity index (χ3v) is 15.1. The number of aryl methyl sites for hydroxylation is 3. The van der Waals surface area contributed by atoms with Gasteiger partial charge < -0.3 is 53.1 Å². The average Bonchev–Trinajstić information content (AvgIpc) is 3.88. The highest BCUT2D eigenvalue weighted by Crippen LogP contribution is 2.59. The Balaban J connectivity index is 1.46. The first-order chi connectivity index (χ1) is 33.8. The van der Waals surface area contributed by atoms with E-state index in [4.69, 9.17) is 37.8 Å². The number of hydrogen-bond donors (Lipinski definition) is 3. The van der Waals surface area contributed by atoms with Crippen LogP contribution in [0.5, 0.6) is 17.2 Å². The number of carbonyl (C=O) groups is 2. The number of benzene rings is 3. The Labute approximate surface area is 424 Å². The number of anilines is 1. The molecule has 3 aromatic carbocycles. The van der Waals surface area contributed by atoms with Crippen LogP contribution >= 0.6 is 0 Å². The number of ether oxygens (including phenoxy) is 6. The summed E-state index contributed by atoms with van der Waals surface area (Å²) in [6.07, 6.45) is 3.49. The number of piperazine rings is 1. The number of oxazole rings is 1.